The van der Waals surface area contributed by atoms with Crippen molar-refractivity contribution in [2.45, 2.75) is 13.5 Å². The van der Waals surface area contributed by atoms with E-state index < -0.39 is 0 Å². The Balaban J connectivity index is 1.48. The zero-order chi connectivity index (χ0) is 19.4. The Kier molecular flexibility index (Phi) is 7.04. The molecule has 0 N–H and O–H groups in total. The third-order valence-corrected chi connectivity index (χ3v) is 5.57. The van der Waals surface area contributed by atoms with Crippen molar-refractivity contribution < 1.29 is 9.53 Å². The molecule has 1 aliphatic rings. The topological polar surface area (TPSA) is 32.8 Å². The Bertz CT molecular complexity index is 783. The molecule has 0 unspecified atom stereocenters. The van der Waals surface area contributed by atoms with Gasteiger partial charge in [-0.15, -0.1) is 0 Å². The maximum atomic E-state index is 12.5. The molecular formula is C20H21BrCl2N2O2. The average Bonchev–Trinajstić information content (AvgIpc) is 2.63. The molecule has 0 aromatic heterocycles. The first kappa shape index (κ1) is 20.5. The summed E-state index contributed by atoms with van der Waals surface area (Å²) in [5, 5.41) is 1.25. The molecule has 2 aromatic carbocycles. The standard InChI is InChI=1S/C20H21BrCl2N2O2/c1-14-10-16(21)11-18(23)20(14)27-13-19(26)25-8-6-24(7-9-25)12-15-2-4-17(22)5-3-15/h2-5,10-11H,6-9,12-13H2,1H3. The van der Waals surface area contributed by atoms with Crippen LogP contribution in [0.4, 0.5) is 0 Å². The summed E-state index contributed by atoms with van der Waals surface area (Å²) in [6, 6.07) is 11.6. The Labute approximate surface area is 178 Å². The number of aryl methyl sites for hydroxylation is 1. The summed E-state index contributed by atoms with van der Waals surface area (Å²) in [5.41, 5.74) is 2.12. The van der Waals surface area contributed by atoms with Gasteiger partial charge in [-0.2, -0.15) is 0 Å². The summed E-state index contributed by atoms with van der Waals surface area (Å²) in [7, 11) is 0. The van der Waals surface area contributed by atoms with Crippen LogP contribution in [0.1, 0.15) is 11.1 Å². The van der Waals surface area contributed by atoms with E-state index in [0.717, 1.165) is 34.7 Å². The van der Waals surface area contributed by atoms with E-state index in [1.165, 1.54) is 5.56 Å². The van der Waals surface area contributed by atoms with Crippen LogP contribution >= 0.6 is 39.1 Å². The van der Waals surface area contributed by atoms with Crippen molar-refractivity contribution in [2.24, 2.45) is 0 Å². The number of benzene rings is 2. The molecule has 1 saturated heterocycles. The molecule has 0 radical (unpaired) electrons. The molecule has 1 aliphatic heterocycles. The van der Waals surface area contributed by atoms with Gasteiger partial charge in [0.05, 0.1) is 5.02 Å². The maximum Gasteiger partial charge on any atom is 0.260 e. The first-order valence-corrected chi connectivity index (χ1v) is 10.3. The third kappa shape index (κ3) is 5.61. The largest absolute Gasteiger partial charge is 0.482 e. The lowest BCUT2D eigenvalue weighted by Gasteiger charge is -2.34. The first-order chi connectivity index (χ1) is 12.9. The van der Waals surface area contributed by atoms with E-state index in [0.29, 0.717) is 23.9 Å². The molecule has 3 rings (SSSR count). The number of rotatable bonds is 5. The third-order valence-electron chi connectivity index (χ3n) is 4.58. The lowest BCUT2D eigenvalue weighted by atomic mass is 10.2. The number of piperazine rings is 1. The molecular weight excluding hydrogens is 451 g/mol. The van der Waals surface area contributed by atoms with Gasteiger partial charge in [0.1, 0.15) is 5.75 Å². The van der Waals surface area contributed by atoms with Gasteiger partial charge in [-0.1, -0.05) is 51.3 Å². The Morgan fingerprint density at radius 1 is 1.11 bits per heavy atom. The van der Waals surface area contributed by atoms with E-state index in [4.69, 9.17) is 27.9 Å². The van der Waals surface area contributed by atoms with Crippen molar-refractivity contribution in [3.8, 4) is 5.75 Å². The van der Waals surface area contributed by atoms with Crippen molar-refractivity contribution in [3.63, 3.8) is 0 Å². The Hall–Kier alpha value is -1.27. The van der Waals surface area contributed by atoms with Gasteiger partial charge >= 0.3 is 0 Å². The molecule has 0 spiro atoms. The SMILES string of the molecule is Cc1cc(Br)cc(Cl)c1OCC(=O)N1CCN(Cc2ccc(Cl)cc2)CC1. The number of hydrogen-bond donors (Lipinski definition) is 0. The van der Waals surface area contributed by atoms with Gasteiger partial charge in [-0.3, -0.25) is 9.69 Å². The van der Waals surface area contributed by atoms with Crippen molar-refractivity contribution in [2.75, 3.05) is 32.8 Å². The zero-order valence-electron chi connectivity index (χ0n) is 15.1. The fraction of sp³-hybridized carbons (Fsp3) is 0.350. The molecule has 1 amide bonds. The number of carbonyl (C=O) groups excluding carboxylic acids is 1. The summed E-state index contributed by atoms with van der Waals surface area (Å²) in [6.07, 6.45) is 0. The summed E-state index contributed by atoms with van der Waals surface area (Å²) in [6.45, 7) is 5.85. The lowest BCUT2D eigenvalue weighted by Crippen LogP contribution is -2.49. The predicted molar refractivity (Wildman–Crippen MR) is 113 cm³/mol. The van der Waals surface area contributed by atoms with Gasteiger partial charge in [0.25, 0.3) is 5.91 Å². The van der Waals surface area contributed by atoms with Gasteiger partial charge in [-0.25, -0.2) is 0 Å². The van der Waals surface area contributed by atoms with Crippen LogP contribution in [-0.4, -0.2) is 48.5 Å². The van der Waals surface area contributed by atoms with Crippen LogP contribution in [0.3, 0.4) is 0 Å². The Morgan fingerprint density at radius 3 is 2.41 bits per heavy atom. The van der Waals surface area contributed by atoms with E-state index in [2.05, 4.69) is 20.8 Å². The van der Waals surface area contributed by atoms with E-state index in [1.54, 1.807) is 6.07 Å². The number of ether oxygens (including phenoxy) is 1. The minimum absolute atomic E-state index is 0.000618. The molecule has 4 nitrogen and oxygen atoms in total. The molecule has 0 saturated carbocycles. The van der Waals surface area contributed by atoms with E-state index in [1.807, 2.05) is 42.2 Å². The van der Waals surface area contributed by atoms with Crippen LogP contribution in [0.15, 0.2) is 40.9 Å². The highest BCUT2D eigenvalue weighted by Crippen LogP contribution is 2.32. The molecule has 1 heterocycles. The summed E-state index contributed by atoms with van der Waals surface area (Å²) >= 11 is 15.5. The van der Waals surface area contributed by atoms with Gasteiger partial charge < -0.3 is 9.64 Å². The summed E-state index contributed by atoms with van der Waals surface area (Å²) in [5.74, 6) is 0.550. The minimum Gasteiger partial charge on any atom is -0.482 e. The number of carbonyl (C=O) groups is 1. The number of halogens is 3. The van der Waals surface area contributed by atoms with Crippen LogP contribution in [0.25, 0.3) is 0 Å². The summed E-state index contributed by atoms with van der Waals surface area (Å²) in [4.78, 5) is 16.7. The number of hydrogen-bond acceptors (Lipinski definition) is 3. The Morgan fingerprint density at radius 2 is 1.78 bits per heavy atom. The highest BCUT2D eigenvalue weighted by Gasteiger charge is 2.22. The van der Waals surface area contributed by atoms with E-state index in [-0.39, 0.29) is 12.5 Å². The maximum absolute atomic E-state index is 12.5. The van der Waals surface area contributed by atoms with Gasteiger partial charge in [0, 0.05) is 42.2 Å². The molecule has 7 heteroatoms. The van der Waals surface area contributed by atoms with Gasteiger partial charge in [0.2, 0.25) is 0 Å². The van der Waals surface area contributed by atoms with Gasteiger partial charge in [-0.05, 0) is 42.3 Å². The lowest BCUT2D eigenvalue weighted by molar-refractivity contribution is -0.135. The van der Waals surface area contributed by atoms with Crippen molar-refractivity contribution in [3.05, 3.63) is 62.0 Å². The predicted octanol–water partition coefficient (Wildman–Crippen LogP) is 4.79. The monoisotopic (exact) mass is 470 g/mol. The molecule has 1 fully saturated rings. The molecule has 0 atom stereocenters. The van der Waals surface area contributed by atoms with Crippen LogP contribution in [0.5, 0.6) is 5.75 Å². The van der Waals surface area contributed by atoms with Crippen LogP contribution in [0, 0.1) is 6.92 Å². The van der Waals surface area contributed by atoms with Gasteiger partial charge in [0.15, 0.2) is 6.61 Å². The first-order valence-electron chi connectivity index (χ1n) is 8.75. The average molecular weight is 472 g/mol. The summed E-state index contributed by atoms with van der Waals surface area (Å²) < 4.78 is 6.59. The number of amides is 1. The highest BCUT2D eigenvalue weighted by molar-refractivity contribution is 9.10. The number of nitrogens with zero attached hydrogens (tertiary/aromatic N) is 2. The second kappa shape index (κ2) is 9.28. The second-order valence-corrected chi connectivity index (χ2v) is 8.37. The zero-order valence-corrected chi connectivity index (χ0v) is 18.1. The normalized spacial score (nSPS) is 15.0. The van der Waals surface area contributed by atoms with E-state index >= 15 is 0 Å². The van der Waals surface area contributed by atoms with Crippen molar-refractivity contribution in [1.29, 1.82) is 0 Å². The van der Waals surface area contributed by atoms with Crippen molar-refractivity contribution in [1.82, 2.24) is 9.80 Å². The molecule has 0 aliphatic carbocycles. The quantitative estimate of drug-likeness (QED) is 0.628. The highest BCUT2D eigenvalue weighted by atomic mass is 79.9. The fourth-order valence-corrected chi connectivity index (χ4v) is 4.25. The molecule has 27 heavy (non-hydrogen) atoms. The minimum atomic E-state index is -0.0143. The molecule has 144 valence electrons. The van der Waals surface area contributed by atoms with Crippen molar-refractivity contribution >= 4 is 45.0 Å². The van der Waals surface area contributed by atoms with Crippen LogP contribution in [-0.2, 0) is 11.3 Å². The van der Waals surface area contributed by atoms with Crippen LogP contribution < -0.4 is 4.74 Å². The molecule has 0 bridgehead atoms. The smallest absolute Gasteiger partial charge is 0.260 e. The fourth-order valence-electron chi connectivity index (χ4n) is 3.10. The van der Waals surface area contributed by atoms with E-state index in [9.17, 15) is 4.79 Å². The van der Waals surface area contributed by atoms with Crippen LogP contribution in [0.2, 0.25) is 10.0 Å². The second-order valence-electron chi connectivity index (χ2n) is 6.61. The molecule has 2 aromatic rings.